The molecule has 0 radical (unpaired) electrons. The van der Waals surface area contributed by atoms with Crippen LogP contribution in [0.15, 0.2) is 77.6 Å². The molecule has 0 atom stereocenters. The van der Waals surface area contributed by atoms with Crippen LogP contribution in [0.4, 0.5) is 13.2 Å². The van der Waals surface area contributed by atoms with E-state index in [1.165, 1.54) is 28.9 Å². The molecule has 0 fully saturated rings. The molecule has 2 heterocycles. The summed E-state index contributed by atoms with van der Waals surface area (Å²) < 4.78 is 49.2. The number of hydrogen-bond donors (Lipinski definition) is 0. The predicted molar refractivity (Wildman–Crippen MR) is 136 cm³/mol. The predicted octanol–water partition coefficient (Wildman–Crippen LogP) is 6.46. The lowest BCUT2D eigenvalue weighted by atomic mass is 10.1. The maximum absolute atomic E-state index is 13.2. The van der Waals surface area contributed by atoms with E-state index in [9.17, 15) is 18.0 Å². The van der Waals surface area contributed by atoms with Crippen molar-refractivity contribution in [2.75, 3.05) is 7.11 Å². The molecular formula is C26H17Cl2F3N4O3. The summed E-state index contributed by atoms with van der Waals surface area (Å²) in [6, 6.07) is 19.0. The highest BCUT2D eigenvalue weighted by atomic mass is 35.5. The molecular weight excluding hydrogens is 544 g/mol. The van der Waals surface area contributed by atoms with Crippen molar-refractivity contribution < 1.29 is 22.6 Å². The summed E-state index contributed by atoms with van der Waals surface area (Å²) in [6.07, 6.45) is -4.79. The molecule has 2 aliphatic heterocycles. The average molecular weight is 561 g/mol. The fourth-order valence-corrected chi connectivity index (χ4v) is 4.38. The van der Waals surface area contributed by atoms with Crippen molar-refractivity contribution in [3.05, 3.63) is 98.8 Å². The topological polar surface area (TPSA) is 71.2 Å². The second-order valence-corrected chi connectivity index (χ2v) is 9.00. The van der Waals surface area contributed by atoms with E-state index in [1.807, 2.05) is 0 Å². The fraction of sp³-hybridized carbons (Fsp3) is 0.115. The second kappa shape index (κ2) is 10.0. The molecule has 0 spiro atoms. The Kier molecular flexibility index (Phi) is 6.77. The summed E-state index contributed by atoms with van der Waals surface area (Å²) in [5.41, 5.74) is 2.32. The highest BCUT2D eigenvalue weighted by Crippen LogP contribution is 2.34. The summed E-state index contributed by atoms with van der Waals surface area (Å²) in [4.78, 5) is 13.2. The zero-order valence-electron chi connectivity index (χ0n) is 19.5. The van der Waals surface area contributed by atoms with E-state index in [0.29, 0.717) is 44.0 Å². The van der Waals surface area contributed by atoms with Gasteiger partial charge >= 0.3 is 6.36 Å². The summed E-state index contributed by atoms with van der Waals surface area (Å²) in [7, 11) is 1.56. The molecule has 194 valence electrons. The van der Waals surface area contributed by atoms with Crippen LogP contribution in [0.3, 0.4) is 0 Å². The van der Waals surface area contributed by atoms with Crippen LogP contribution in [0.1, 0.15) is 5.56 Å². The number of benzene rings is 3. The normalized spacial score (nSPS) is 11.6. The van der Waals surface area contributed by atoms with E-state index >= 15 is 0 Å². The van der Waals surface area contributed by atoms with Crippen LogP contribution < -0.4 is 15.0 Å². The Morgan fingerprint density at radius 2 is 1.58 bits per heavy atom. The fourth-order valence-electron chi connectivity index (χ4n) is 3.88. The molecule has 0 N–H and O–H groups in total. The summed E-state index contributed by atoms with van der Waals surface area (Å²) >= 11 is 12.6. The molecule has 7 nitrogen and oxygen atoms in total. The van der Waals surface area contributed by atoms with Gasteiger partial charge in [0.2, 0.25) is 0 Å². The number of halogens is 5. The third-order valence-corrected chi connectivity index (χ3v) is 6.17. The van der Waals surface area contributed by atoms with Crippen LogP contribution in [-0.2, 0) is 6.54 Å². The van der Waals surface area contributed by atoms with E-state index in [2.05, 4.69) is 14.9 Å². The number of nitrogens with zero attached hydrogens (tertiary/aromatic N) is 4. The Labute approximate surface area is 223 Å². The molecule has 38 heavy (non-hydrogen) atoms. The third-order valence-electron chi connectivity index (χ3n) is 5.62. The molecule has 0 saturated carbocycles. The van der Waals surface area contributed by atoms with Gasteiger partial charge in [-0.15, -0.1) is 13.2 Å². The molecule has 2 aliphatic rings. The minimum absolute atomic E-state index is 0.0149. The first-order chi connectivity index (χ1) is 18.1. The largest absolute Gasteiger partial charge is 0.573 e. The van der Waals surface area contributed by atoms with Gasteiger partial charge in [0, 0.05) is 10.6 Å². The standard InChI is InChI=1S/C26H17Cl2F3N4O3/c1-37-18-9-5-17(6-10-18)35-23(20-11-4-16(27)12-21(20)28)13-22-24(33-35)25(36)34(32-22)14-15-2-7-19(8-3-15)38-26(29,30)31/h2-13H,14H2,1H3. The van der Waals surface area contributed by atoms with Crippen molar-refractivity contribution in [1.29, 1.82) is 0 Å². The first-order valence-electron chi connectivity index (χ1n) is 11.1. The number of ether oxygens (including phenoxy) is 2. The number of hydrogen-bond acceptors (Lipinski definition) is 5. The van der Waals surface area contributed by atoms with Gasteiger partial charge in [-0.05, 0) is 66.2 Å². The van der Waals surface area contributed by atoms with E-state index in [4.69, 9.17) is 27.9 Å². The highest BCUT2D eigenvalue weighted by Gasteiger charge is 2.31. The van der Waals surface area contributed by atoms with Crippen LogP contribution >= 0.6 is 23.2 Å². The van der Waals surface area contributed by atoms with E-state index in [0.717, 1.165) is 0 Å². The molecule has 0 unspecified atom stereocenters. The molecule has 0 saturated heterocycles. The molecule has 3 aromatic rings. The van der Waals surface area contributed by atoms with Gasteiger partial charge in [0.1, 0.15) is 17.2 Å². The average Bonchev–Trinajstić information content (AvgIpc) is 3.18. The van der Waals surface area contributed by atoms with Gasteiger partial charge in [-0.1, -0.05) is 35.3 Å². The molecule has 0 bridgehead atoms. The first-order valence-corrected chi connectivity index (χ1v) is 11.8. The SMILES string of the molecule is COc1ccc(-n2nc3c(=O)n(Cc4ccc(OC(F)(F)F)cc4)nc-3cc2-c2ccc(Cl)cc2Cl)cc1. The van der Waals surface area contributed by atoms with Gasteiger partial charge in [0.05, 0.1) is 30.1 Å². The molecule has 3 aromatic carbocycles. The van der Waals surface area contributed by atoms with E-state index in [1.54, 1.807) is 60.3 Å². The monoisotopic (exact) mass is 560 g/mol. The quantitative estimate of drug-likeness (QED) is 0.238. The summed E-state index contributed by atoms with van der Waals surface area (Å²) in [6.45, 7) is 0.0149. The minimum atomic E-state index is -4.79. The third kappa shape index (κ3) is 5.32. The second-order valence-electron chi connectivity index (χ2n) is 8.15. The Bertz CT molecular complexity index is 1630. The van der Waals surface area contributed by atoms with Crippen molar-refractivity contribution in [2.45, 2.75) is 12.9 Å². The first kappa shape index (κ1) is 25.6. The Morgan fingerprint density at radius 1 is 0.895 bits per heavy atom. The lowest BCUT2D eigenvalue weighted by Crippen LogP contribution is -2.19. The van der Waals surface area contributed by atoms with Crippen LogP contribution in [0.2, 0.25) is 10.0 Å². The molecule has 0 aromatic heterocycles. The van der Waals surface area contributed by atoms with Crippen molar-refractivity contribution in [3.8, 4) is 39.8 Å². The number of alkyl halides is 3. The van der Waals surface area contributed by atoms with Gasteiger partial charge in [0.15, 0.2) is 5.69 Å². The lowest BCUT2D eigenvalue weighted by molar-refractivity contribution is -0.274. The highest BCUT2D eigenvalue weighted by molar-refractivity contribution is 6.36. The van der Waals surface area contributed by atoms with Crippen molar-refractivity contribution >= 4 is 23.2 Å². The van der Waals surface area contributed by atoms with Crippen LogP contribution in [0.25, 0.3) is 28.3 Å². The zero-order valence-corrected chi connectivity index (χ0v) is 21.1. The van der Waals surface area contributed by atoms with Gasteiger partial charge < -0.3 is 9.47 Å². The summed E-state index contributed by atoms with van der Waals surface area (Å²) in [5, 5.41) is 9.85. The Hall–Kier alpha value is -4.02. The van der Waals surface area contributed by atoms with E-state index < -0.39 is 11.9 Å². The molecule has 0 aliphatic carbocycles. The van der Waals surface area contributed by atoms with Crippen LogP contribution in [0.5, 0.6) is 11.5 Å². The van der Waals surface area contributed by atoms with E-state index in [-0.39, 0.29) is 18.0 Å². The van der Waals surface area contributed by atoms with Crippen molar-refractivity contribution in [3.63, 3.8) is 0 Å². The lowest BCUT2D eigenvalue weighted by Gasteiger charge is -2.15. The van der Waals surface area contributed by atoms with Gasteiger partial charge in [-0.2, -0.15) is 10.2 Å². The maximum atomic E-state index is 13.2. The smallest absolute Gasteiger partial charge is 0.497 e. The van der Waals surface area contributed by atoms with Crippen molar-refractivity contribution in [1.82, 2.24) is 19.6 Å². The maximum Gasteiger partial charge on any atom is 0.573 e. The number of aromatic nitrogens is 4. The van der Waals surface area contributed by atoms with Crippen LogP contribution in [-0.4, -0.2) is 33.0 Å². The molecule has 0 amide bonds. The van der Waals surface area contributed by atoms with Gasteiger partial charge in [-0.25, -0.2) is 9.36 Å². The van der Waals surface area contributed by atoms with Gasteiger partial charge in [-0.3, -0.25) is 4.79 Å². The molecule has 12 heteroatoms. The van der Waals surface area contributed by atoms with Crippen molar-refractivity contribution in [2.24, 2.45) is 0 Å². The number of fused-ring (bicyclic) bond motifs is 1. The Morgan fingerprint density at radius 3 is 2.21 bits per heavy atom. The van der Waals surface area contributed by atoms with Crippen LogP contribution in [0, 0.1) is 0 Å². The zero-order chi connectivity index (χ0) is 27.0. The number of methoxy groups -OCH3 is 1. The Balaban J connectivity index is 1.59. The molecule has 5 rings (SSSR count). The van der Waals surface area contributed by atoms with Gasteiger partial charge in [0.25, 0.3) is 5.56 Å². The minimum Gasteiger partial charge on any atom is -0.497 e. The summed E-state index contributed by atoms with van der Waals surface area (Å²) in [5.74, 6) is 0.284. The number of rotatable bonds is 6.